The van der Waals surface area contributed by atoms with Crippen LogP contribution in [-0.4, -0.2) is 42.5 Å². The summed E-state index contributed by atoms with van der Waals surface area (Å²) in [5.74, 6) is 1.92. The van der Waals surface area contributed by atoms with E-state index in [1.54, 1.807) is 39.7 Å². The zero-order valence-electron chi connectivity index (χ0n) is 18.4. The number of aromatic nitrogens is 2. The minimum Gasteiger partial charge on any atom is -0.496 e. The highest BCUT2D eigenvalue weighted by molar-refractivity contribution is 7.99. The maximum Gasteiger partial charge on any atom is 0.230 e. The zero-order chi connectivity index (χ0) is 22.4. The molecule has 0 saturated heterocycles. The lowest BCUT2D eigenvalue weighted by Gasteiger charge is -2.15. The molecule has 1 heterocycles. The maximum absolute atomic E-state index is 12.5. The molecule has 0 spiro atoms. The van der Waals surface area contributed by atoms with Gasteiger partial charge in [-0.05, 0) is 37.1 Å². The molecular weight excluding hydrogens is 414 g/mol. The molecule has 1 N–H and O–H groups in total. The third-order valence-corrected chi connectivity index (χ3v) is 5.79. The van der Waals surface area contributed by atoms with Crippen LogP contribution in [0.5, 0.6) is 17.2 Å². The standard InChI is InChI=1S/C23H27N3O4S/c1-15-6-7-16(2)18(10-15)26-9-8-24-23(26)31-14-22(27)25-13-17-11-20(29-4)21(30-5)12-19(17)28-3/h6-12H,13-14H2,1-5H3,(H,25,27). The Labute approximate surface area is 186 Å². The number of nitrogens with one attached hydrogen (secondary N) is 1. The van der Waals surface area contributed by atoms with E-state index < -0.39 is 0 Å². The third kappa shape index (κ3) is 5.32. The van der Waals surface area contributed by atoms with Crippen LogP contribution >= 0.6 is 11.8 Å². The molecule has 3 aromatic rings. The fourth-order valence-corrected chi connectivity index (χ4v) is 3.96. The zero-order valence-corrected chi connectivity index (χ0v) is 19.2. The van der Waals surface area contributed by atoms with Crippen LogP contribution in [0, 0.1) is 13.8 Å². The molecule has 2 aromatic carbocycles. The van der Waals surface area contributed by atoms with Gasteiger partial charge >= 0.3 is 0 Å². The molecule has 0 unspecified atom stereocenters. The van der Waals surface area contributed by atoms with Crippen LogP contribution in [-0.2, 0) is 11.3 Å². The molecule has 0 radical (unpaired) electrons. The molecule has 0 aliphatic rings. The summed E-state index contributed by atoms with van der Waals surface area (Å²) < 4.78 is 18.1. The van der Waals surface area contributed by atoms with E-state index in [9.17, 15) is 4.79 Å². The molecule has 1 aromatic heterocycles. The molecular formula is C23H27N3O4S. The first-order valence-electron chi connectivity index (χ1n) is 9.76. The van der Waals surface area contributed by atoms with Gasteiger partial charge in [0.2, 0.25) is 5.91 Å². The van der Waals surface area contributed by atoms with Crippen molar-refractivity contribution >= 4 is 17.7 Å². The summed E-state index contributed by atoms with van der Waals surface area (Å²) in [5, 5.41) is 3.70. The molecule has 164 valence electrons. The average molecular weight is 442 g/mol. The summed E-state index contributed by atoms with van der Waals surface area (Å²) in [7, 11) is 4.72. The van der Waals surface area contributed by atoms with Gasteiger partial charge in [0.15, 0.2) is 16.7 Å². The van der Waals surface area contributed by atoms with Crippen molar-refractivity contribution in [1.82, 2.24) is 14.9 Å². The van der Waals surface area contributed by atoms with Crippen LogP contribution in [0.4, 0.5) is 0 Å². The van der Waals surface area contributed by atoms with Crippen molar-refractivity contribution in [2.75, 3.05) is 27.1 Å². The van der Waals surface area contributed by atoms with Gasteiger partial charge in [0.1, 0.15) is 5.75 Å². The SMILES string of the molecule is COc1cc(OC)c(OC)cc1CNC(=O)CSc1nccn1-c1cc(C)ccc1C. The lowest BCUT2D eigenvalue weighted by molar-refractivity contribution is -0.118. The van der Waals surface area contributed by atoms with Gasteiger partial charge in [0.05, 0.1) is 32.8 Å². The van der Waals surface area contributed by atoms with E-state index in [0.717, 1.165) is 22.0 Å². The summed E-state index contributed by atoms with van der Waals surface area (Å²) in [5.41, 5.74) is 4.19. The van der Waals surface area contributed by atoms with Crippen LogP contribution in [0.15, 0.2) is 47.9 Å². The highest BCUT2D eigenvalue weighted by Crippen LogP contribution is 2.34. The Bertz CT molecular complexity index is 1060. The summed E-state index contributed by atoms with van der Waals surface area (Å²) in [6.07, 6.45) is 3.66. The first kappa shape index (κ1) is 22.6. The van der Waals surface area contributed by atoms with Gasteiger partial charge in [-0.15, -0.1) is 0 Å². The highest BCUT2D eigenvalue weighted by Gasteiger charge is 2.14. The largest absolute Gasteiger partial charge is 0.496 e. The quantitative estimate of drug-likeness (QED) is 0.507. The number of ether oxygens (including phenoxy) is 3. The van der Waals surface area contributed by atoms with Crippen molar-refractivity contribution in [2.45, 2.75) is 25.5 Å². The second-order valence-corrected chi connectivity index (χ2v) is 7.90. The van der Waals surface area contributed by atoms with Crippen molar-refractivity contribution in [1.29, 1.82) is 0 Å². The minimum absolute atomic E-state index is 0.0997. The Morgan fingerprint density at radius 1 is 1.03 bits per heavy atom. The second kappa shape index (κ2) is 10.3. The number of hydrogen-bond donors (Lipinski definition) is 1. The number of hydrogen-bond acceptors (Lipinski definition) is 6. The number of benzene rings is 2. The predicted octanol–water partition coefficient (Wildman–Crippen LogP) is 3.92. The topological polar surface area (TPSA) is 74.6 Å². The molecule has 3 rings (SSSR count). The molecule has 0 atom stereocenters. The van der Waals surface area contributed by atoms with E-state index >= 15 is 0 Å². The van der Waals surface area contributed by atoms with Crippen LogP contribution in [0.1, 0.15) is 16.7 Å². The number of thioether (sulfide) groups is 1. The first-order valence-corrected chi connectivity index (χ1v) is 10.7. The molecule has 0 saturated carbocycles. The number of aryl methyl sites for hydroxylation is 2. The normalized spacial score (nSPS) is 10.6. The Hall–Kier alpha value is -3.13. The fraction of sp³-hybridized carbons (Fsp3) is 0.304. The summed E-state index contributed by atoms with van der Waals surface area (Å²) in [6.45, 7) is 4.43. The van der Waals surface area contributed by atoms with Crippen molar-refractivity contribution in [3.8, 4) is 22.9 Å². The molecule has 0 bridgehead atoms. The van der Waals surface area contributed by atoms with E-state index in [1.165, 1.54) is 17.3 Å². The summed E-state index contributed by atoms with van der Waals surface area (Å²) in [6, 6.07) is 9.83. The smallest absolute Gasteiger partial charge is 0.230 e. The molecule has 0 fully saturated rings. The summed E-state index contributed by atoms with van der Waals surface area (Å²) in [4.78, 5) is 16.9. The Balaban J connectivity index is 1.65. The van der Waals surface area contributed by atoms with E-state index in [0.29, 0.717) is 23.8 Å². The van der Waals surface area contributed by atoms with Gasteiger partial charge in [0.25, 0.3) is 0 Å². The Morgan fingerprint density at radius 3 is 2.45 bits per heavy atom. The van der Waals surface area contributed by atoms with E-state index in [-0.39, 0.29) is 11.7 Å². The number of amides is 1. The second-order valence-electron chi connectivity index (χ2n) is 6.95. The average Bonchev–Trinajstić information content (AvgIpc) is 3.25. The van der Waals surface area contributed by atoms with Gasteiger partial charge in [-0.1, -0.05) is 23.9 Å². The first-order chi connectivity index (χ1) is 15.0. The lowest BCUT2D eigenvalue weighted by Crippen LogP contribution is -2.25. The van der Waals surface area contributed by atoms with Crippen molar-refractivity contribution < 1.29 is 19.0 Å². The number of rotatable bonds is 9. The van der Waals surface area contributed by atoms with Gasteiger partial charge in [-0.3, -0.25) is 9.36 Å². The monoisotopic (exact) mass is 441 g/mol. The molecule has 7 nitrogen and oxygen atoms in total. The lowest BCUT2D eigenvalue weighted by atomic mass is 10.1. The van der Waals surface area contributed by atoms with Gasteiger partial charge in [0, 0.05) is 30.6 Å². The maximum atomic E-state index is 12.5. The van der Waals surface area contributed by atoms with E-state index in [4.69, 9.17) is 14.2 Å². The van der Waals surface area contributed by atoms with Crippen molar-refractivity contribution in [3.05, 3.63) is 59.4 Å². The molecule has 31 heavy (non-hydrogen) atoms. The highest BCUT2D eigenvalue weighted by atomic mass is 32.2. The molecule has 8 heteroatoms. The van der Waals surface area contributed by atoms with E-state index in [2.05, 4.69) is 42.3 Å². The van der Waals surface area contributed by atoms with Crippen LogP contribution < -0.4 is 19.5 Å². The number of carbonyl (C=O) groups excluding carboxylic acids is 1. The predicted molar refractivity (Wildman–Crippen MR) is 122 cm³/mol. The fourth-order valence-electron chi connectivity index (χ4n) is 3.16. The third-order valence-electron chi connectivity index (χ3n) is 4.83. The number of methoxy groups -OCH3 is 3. The minimum atomic E-state index is -0.0997. The summed E-state index contributed by atoms with van der Waals surface area (Å²) >= 11 is 1.39. The van der Waals surface area contributed by atoms with Crippen molar-refractivity contribution in [2.24, 2.45) is 0 Å². The molecule has 0 aliphatic heterocycles. The van der Waals surface area contributed by atoms with Crippen molar-refractivity contribution in [3.63, 3.8) is 0 Å². The molecule has 0 aliphatic carbocycles. The van der Waals surface area contributed by atoms with Gasteiger partial charge < -0.3 is 19.5 Å². The number of nitrogens with zero attached hydrogens (tertiary/aromatic N) is 2. The van der Waals surface area contributed by atoms with E-state index in [1.807, 2.05) is 10.8 Å². The Morgan fingerprint density at radius 2 is 1.74 bits per heavy atom. The van der Waals surface area contributed by atoms with Crippen LogP contribution in [0.3, 0.4) is 0 Å². The molecule has 1 amide bonds. The number of carbonyl (C=O) groups is 1. The van der Waals surface area contributed by atoms with Crippen LogP contribution in [0.25, 0.3) is 5.69 Å². The Kier molecular flexibility index (Phi) is 7.46. The van der Waals surface area contributed by atoms with Gasteiger partial charge in [-0.25, -0.2) is 4.98 Å². The van der Waals surface area contributed by atoms with Gasteiger partial charge in [-0.2, -0.15) is 0 Å². The van der Waals surface area contributed by atoms with Crippen LogP contribution in [0.2, 0.25) is 0 Å². The number of imidazole rings is 1.